The number of carbonyl (C=O) groups is 2. The van der Waals surface area contributed by atoms with E-state index in [2.05, 4.69) is 15.0 Å². The van der Waals surface area contributed by atoms with Crippen molar-refractivity contribution in [3.8, 4) is 0 Å². The van der Waals surface area contributed by atoms with Crippen LogP contribution >= 0.6 is 0 Å². The lowest BCUT2D eigenvalue weighted by Crippen LogP contribution is -2.51. The topological polar surface area (TPSA) is 134 Å². The van der Waals surface area contributed by atoms with Gasteiger partial charge in [0.15, 0.2) is 0 Å². The molecule has 0 saturated carbocycles. The van der Waals surface area contributed by atoms with Crippen LogP contribution in [-0.4, -0.2) is 62.7 Å². The van der Waals surface area contributed by atoms with E-state index in [1.807, 2.05) is 0 Å². The van der Waals surface area contributed by atoms with Crippen molar-refractivity contribution in [2.45, 2.75) is 37.6 Å². The highest BCUT2D eigenvalue weighted by atomic mass is 16.5. The lowest BCUT2D eigenvalue weighted by molar-refractivity contribution is -0.139. The van der Waals surface area contributed by atoms with Gasteiger partial charge in [-0.15, -0.1) is 0 Å². The number of fused-ring (bicyclic) bond motifs is 1. The van der Waals surface area contributed by atoms with Gasteiger partial charge in [0.1, 0.15) is 24.1 Å². The number of nitrogens with one attached hydrogen (secondary N) is 1. The third kappa shape index (κ3) is 2.96. The number of amides is 1. The summed E-state index contributed by atoms with van der Waals surface area (Å²) < 4.78 is 6.04. The summed E-state index contributed by atoms with van der Waals surface area (Å²) in [6.45, 7) is 0.853. The van der Waals surface area contributed by atoms with E-state index < -0.39 is 42.8 Å². The van der Waals surface area contributed by atoms with Crippen molar-refractivity contribution in [1.82, 2.24) is 14.9 Å². The van der Waals surface area contributed by atoms with Crippen LogP contribution in [0.4, 0.5) is 0 Å². The zero-order chi connectivity index (χ0) is 16.4. The highest BCUT2D eigenvalue weighted by Gasteiger charge is 2.42. The number of rotatable bonds is 4. The molecule has 1 aliphatic rings. The Morgan fingerprint density at radius 1 is 1.41 bits per heavy atom. The minimum Gasteiger partial charge on any atom is -0.469 e. The molecule has 0 aromatic carbocycles. The summed E-state index contributed by atoms with van der Waals surface area (Å²) in [6, 6.07) is -1.74. The lowest BCUT2D eigenvalue weighted by Gasteiger charge is -2.37. The first kappa shape index (κ1) is 16.4. The van der Waals surface area contributed by atoms with Gasteiger partial charge in [-0.25, -0.2) is 4.98 Å². The Balaban J connectivity index is 2.42. The summed E-state index contributed by atoms with van der Waals surface area (Å²) >= 11 is 0. The number of aromatic nitrogens is 2. The third-order valence-corrected chi connectivity index (χ3v) is 3.63. The lowest BCUT2D eigenvalue weighted by atomic mass is 9.94. The zero-order valence-corrected chi connectivity index (χ0v) is 12.3. The van der Waals surface area contributed by atoms with Crippen LogP contribution < -0.4 is 5.32 Å². The van der Waals surface area contributed by atoms with E-state index in [-0.39, 0.29) is 12.2 Å². The smallest absolute Gasteiger partial charge is 0.311 e. The Morgan fingerprint density at radius 2 is 2.09 bits per heavy atom. The summed E-state index contributed by atoms with van der Waals surface area (Å²) in [5.41, 5.74) is 0.358. The number of hydrogen-bond donors (Lipinski definition) is 4. The first-order valence-corrected chi connectivity index (χ1v) is 6.77. The number of nitrogens with zero attached hydrogens (tertiary/aromatic N) is 2. The molecule has 1 aromatic rings. The molecular weight excluding hydrogens is 294 g/mol. The van der Waals surface area contributed by atoms with Crippen LogP contribution in [0.5, 0.6) is 0 Å². The van der Waals surface area contributed by atoms with Crippen LogP contribution in [-0.2, 0) is 20.7 Å². The number of aliphatic hydroxyl groups excluding tert-OH is 3. The normalized spacial score (nSPS) is 27.1. The highest BCUT2D eigenvalue weighted by Crippen LogP contribution is 2.32. The van der Waals surface area contributed by atoms with Crippen LogP contribution in [0.15, 0.2) is 6.20 Å². The Kier molecular flexibility index (Phi) is 4.79. The van der Waals surface area contributed by atoms with Gasteiger partial charge >= 0.3 is 5.97 Å². The third-order valence-electron chi connectivity index (χ3n) is 3.63. The molecule has 9 heteroatoms. The summed E-state index contributed by atoms with van der Waals surface area (Å²) in [6.07, 6.45) is -1.19. The molecule has 1 amide bonds. The van der Waals surface area contributed by atoms with Crippen molar-refractivity contribution in [3.63, 3.8) is 0 Å². The number of imidazole rings is 1. The van der Waals surface area contributed by atoms with E-state index in [9.17, 15) is 24.9 Å². The molecule has 4 atom stereocenters. The van der Waals surface area contributed by atoms with E-state index in [4.69, 9.17) is 0 Å². The van der Waals surface area contributed by atoms with Crippen molar-refractivity contribution in [2.24, 2.45) is 0 Å². The van der Waals surface area contributed by atoms with E-state index in [0.29, 0.717) is 5.69 Å². The second kappa shape index (κ2) is 6.42. The number of ether oxygens (including phenoxy) is 1. The molecule has 0 spiro atoms. The number of hydrogen-bond acceptors (Lipinski definition) is 7. The number of carbonyl (C=O) groups excluding carboxylic acids is 2. The average Bonchev–Trinajstić information content (AvgIpc) is 2.87. The Morgan fingerprint density at radius 3 is 2.64 bits per heavy atom. The maximum absolute atomic E-state index is 11.3. The van der Waals surface area contributed by atoms with E-state index in [0.717, 1.165) is 0 Å². The fourth-order valence-corrected chi connectivity index (χ4v) is 2.57. The van der Waals surface area contributed by atoms with Crippen molar-refractivity contribution >= 4 is 11.9 Å². The van der Waals surface area contributed by atoms with Crippen molar-refractivity contribution in [2.75, 3.05) is 13.7 Å². The molecule has 4 N–H and O–H groups in total. The molecule has 0 fully saturated rings. The minimum atomic E-state index is -1.32. The number of esters is 1. The molecular formula is C13H19N3O6. The number of aliphatic hydroxyl groups is 3. The molecule has 0 unspecified atom stereocenters. The van der Waals surface area contributed by atoms with Gasteiger partial charge in [-0.1, -0.05) is 0 Å². The molecule has 0 bridgehead atoms. The largest absolute Gasteiger partial charge is 0.469 e. The maximum atomic E-state index is 11.3. The average molecular weight is 313 g/mol. The molecule has 1 aliphatic heterocycles. The first-order chi connectivity index (χ1) is 10.4. The molecule has 22 heavy (non-hydrogen) atoms. The van der Waals surface area contributed by atoms with Gasteiger partial charge in [-0.3, -0.25) is 9.59 Å². The van der Waals surface area contributed by atoms with Gasteiger partial charge in [-0.2, -0.15) is 0 Å². The van der Waals surface area contributed by atoms with E-state index in [1.165, 1.54) is 24.8 Å². The highest BCUT2D eigenvalue weighted by molar-refractivity contribution is 5.73. The van der Waals surface area contributed by atoms with Crippen molar-refractivity contribution in [3.05, 3.63) is 17.7 Å². The number of methoxy groups -OCH3 is 1. The fraction of sp³-hybridized carbons (Fsp3) is 0.615. The quantitative estimate of drug-likeness (QED) is 0.474. The summed E-state index contributed by atoms with van der Waals surface area (Å²) in [5, 5.41) is 32.2. The fourth-order valence-electron chi connectivity index (χ4n) is 2.57. The Hall–Kier alpha value is -1.97. The molecule has 0 radical (unpaired) electrons. The molecule has 2 heterocycles. The van der Waals surface area contributed by atoms with Gasteiger partial charge < -0.3 is 29.9 Å². The van der Waals surface area contributed by atoms with Crippen LogP contribution in [0.1, 0.15) is 30.5 Å². The molecule has 122 valence electrons. The second-order valence-electron chi connectivity index (χ2n) is 5.16. The van der Waals surface area contributed by atoms with Gasteiger partial charge in [0, 0.05) is 13.1 Å². The Bertz CT molecular complexity index is 572. The molecule has 1 aromatic heterocycles. The van der Waals surface area contributed by atoms with E-state index >= 15 is 0 Å². The van der Waals surface area contributed by atoms with Gasteiger partial charge in [0.05, 0.1) is 31.9 Å². The summed E-state index contributed by atoms with van der Waals surface area (Å²) in [4.78, 5) is 26.9. The molecule has 0 saturated heterocycles. The van der Waals surface area contributed by atoms with Gasteiger partial charge in [0.2, 0.25) is 5.91 Å². The standard InChI is InChI=1S/C13H19N3O6/c1-6(18)14-10-12(21)11(20)8(5-17)16-4-7(15-13(10)16)3-9(19)22-2/h4,8,10-12,17,20-21H,3,5H2,1-2H3,(H,14,18)/t8-,10-,11-,12+/m1/s1. The monoisotopic (exact) mass is 313 g/mol. The maximum Gasteiger partial charge on any atom is 0.311 e. The van der Waals surface area contributed by atoms with Crippen LogP contribution in [0.25, 0.3) is 0 Å². The van der Waals surface area contributed by atoms with Crippen LogP contribution in [0, 0.1) is 0 Å². The van der Waals surface area contributed by atoms with Crippen molar-refractivity contribution in [1.29, 1.82) is 0 Å². The van der Waals surface area contributed by atoms with Gasteiger partial charge in [-0.05, 0) is 0 Å². The van der Waals surface area contributed by atoms with Crippen LogP contribution in [0.2, 0.25) is 0 Å². The minimum absolute atomic E-state index is 0.0897. The SMILES string of the molecule is COC(=O)Cc1cn2c(n1)[C@H](NC(C)=O)[C@H](O)[C@H](O)[C@H]2CO. The Labute approximate surface area is 126 Å². The zero-order valence-electron chi connectivity index (χ0n) is 12.3. The summed E-state index contributed by atoms with van der Waals surface area (Å²) in [5.74, 6) is -0.623. The second-order valence-corrected chi connectivity index (χ2v) is 5.16. The molecule has 9 nitrogen and oxygen atoms in total. The molecule has 0 aliphatic carbocycles. The predicted molar refractivity (Wildman–Crippen MR) is 72.6 cm³/mol. The predicted octanol–water partition coefficient (Wildman–Crippen LogP) is -1.96. The van der Waals surface area contributed by atoms with Gasteiger partial charge in [0.25, 0.3) is 0 Å². The van der Waals surface area contributed by atoms with E-state index in [1.54, 1.807) is 0 Å². The van der Waals surface area contributed by atoms with Crippen molar-refractivity contribution < 1.29 is 29.6 Å². The first-order valence-electron chi connectivity index (χ1n) is 6.77. The summed E-state index contributed by atoms with van der Waals surface area (Å²) in [7, 11) is 1.25. The van der Waals surface area contributed by atoms with Crippen LogP contribution in [0.3, 0.4) is 0 Å². The molecule has 2 rings (SSSR count).